The van der Waals surface area contributed by atoms with E-state index in [-0.39, 0.29) is 5.75 Å². The highest BCUT2D eigenvalue weighted by molar-refractivity contribution is 7.80. The fourth-order valence-corrected chi connectivity index (χ4v) is 3.49. The van der Waals surface area contributed by atoms with Crippen LogP contribution in [0.2, 0.25) is 0 Å². The van der Waals surface area contributed by atoms with E-state index in [9.17, 15) is 9.90 Å². The number of aliphatic carboxylic acids is 1. The summed E-state index contributed by atoms with van der Waals surface area (Å²) in [6.07, 6.45) is 0. The second kappa shape index (κ2) is 7.45. The van der Waals surface area contributed by atoms with E-state index in [0.717, 1.165) is 11.4 Å². The van der Waals surface area contributed by atoms with Crippen LogP contribution in [0.1, 0.15) is 5.56 Å². The van der Waals surface area contributed by atoms with Crippen LogP contribution in [0.25, 0.3) is 0 Å². The lowest BCUT2D eigenvalue weighted by molar-refractivity contribution is -0.142. The zero-order chi connectivity index (χ0) is 17.7. The van der Waals surface area contributed by atoms with Gasteiger partial charge in [-0.15, -0.1) is 0 Å². The van der Waals surface area contributed by atoms with E-state index in [2.05, 4.69) is 12.6 Å². The molecule has 3 aromatic rings. The van der Waals surface area contributed by atoms with E-state index >= 15 is 0 Å². The molecular weight excluding hydrogens is 330 g/mol. The summed E-state index contributed by atoms with van der Waals surface area (Å²) in [6, 6.07) is 28.4. The van der Waals surface area contributed by atoms with Gasteiger partial charge in [-0.25, -0.2) is 4.79 Å². The second-order valence-electron chi connectivity index (χ2n) is 5.70. The SMILES string of the molecule is O=C(O)[C@@](CS)(c1ccccc1)N(c1ccccc1)c1ccccc1. The molecule has 0 radical (unpaired) electrons. The van der Waals surface area contributed by atoms with E-state index in [1.54, 1.807) is 0 Å². The van der Waals surface area contributed by atoms with Crippen LogP contribution in [-0.2, 0) is 10.3 Å². The van der Waals surface area contributed by atoms with Crippen molar-refractivity contribution in [3.63, 3.8) is 0 Å². The Morgan fingerprint density at radius 2 is 1.20 bits per heavy atom. The third kappa shape index (κ3) is 3.13. The molecule has 126 valence electrons. The first-order valence-corrected chi connectivity index (χ1v) is 8.63. The molecule has 25 heavy (non-hydrogen) atoms. The highest BCUT2D eigenvalue weighted by atomic mass is 32.1. The van der Waals surface area contributed by atoms with Crippen molar-refractivity contribution in [1.29, 1.82) is 0 Å². The number of anilines is 2. The Morgan fingerprint density at radius 3 is 1.56 bits per heavy atom. The van der Waals surface area contributed by atoms with Crippen LogP contribution < -0.4 is 4.90 Å². The number of hydrogen-bond donors (Lipinski definition) is 2. The molecule has 0 aromatic heterocycles. The summed E-state index contributed by atoms with van der Waals surface area (Å²) >= 11 is 4.47. The summed E-state index contributed by atoms with van der Waals surface area (Å²) in [4.78, 5) is 14.4. The molecule has 1 atom stereocenters. The predicted molar refractivity (Wildman–Crippen MR) is 105 cm³/mol. The van der Waals surface area contributed by atoms with Gasteiger partial charge in [0.2, 0.25) is 0 Å². The third-order valence-corrected chi connectivity index (χ3v) is 4.70. The molecule has 0 amide bonds. The first-order valence-electron chi connectivity index (χ1n) is 8.00. The Morgan fingerprint density at radius 1 is 0.800 bits per heavy atom. The van der Waals surface area contributed by atoms with Gasteiger partial charge in [0.1, 0.15) is 0 Å². The maximum Gasteiger partial charge on any atom is 0.335 e. The maximum atomic E-state index is 12.6. The summed E-state index contributed by atoms with van der Waals surface area (Å²) in [6.45, 7) is 0. The number of carboxylic acid groups (broad SMARTS) is 1. The van der Waals surface area contributed by atoms with E-state index in [4.69, 9.17) is 0 Å². The van der Waals surface area contributed by atoms with E-state index < -0.39 is 11.5 Å². The Bertz CT molecular complexity index is 785. The predicted octanol–water partition coefficient (Wildman–Crippen LogP) is 4.73. The van der Waals surface area contributed by atoms with Gasteiger partial charge in [0, 0.05) is 17.1 Å². The average Bonchev–Trinajstić information content (AvgIpc) is 2.68. The van der Waals surface area contributed by atoms with Gasteiger partial charge in [-0.3, -0.25) is 0 Å². The van der Waals surface area contributed by atoms with Crippen LogP contribution in [0.4, 0.5) is 11.4 Å². The third-order valence-electron chi connectivity index (χ3n) is 4.24. The summed E-state index contributed by atoms with van der Waals surface area (Å²) in [5, 5.41) is 10.3. The molecule has 0 unspecified atom stereocenters. The molecule has 0 saturated heterocycles. The highest BCUT2D eigenvalue weighted by Gasteiger charge is 2.46. The Hall–Kier alpha value is -2.72. The van der Waals surface area contributed by atoms with Gasteiger partial charge in [-0.1, -0.05) is 66.7 Å². The highest BCUT2D eigenvalue weighted by Crippen LogP contribution is 2.40. The molecule has 1 N–H and O–H groups in total. The minimum atomic E-state index is -1.33. The Labute approximate surface area is 153 Å². The number of carboxylic acids is 1. The van der Waals surface area contributed by atoms with Gasteiger partial charge in [0.05, 0.1) is 0 Å². The largest absolute Gasteiger partial charge is 0.479 e. The molecule has 0 bridgehead atoms. The summed E-state index contributed by atoms with van der Waals surface area (Å²) in [5.41, 5.74) is 0.959. The smallest absolute Gasteiger partial charge is 0.335 e. The van der Waals surface area contributed by atoms with Crippen LogP contribution in [0.3, 0.4) is 0 Å². The first kappa shape index (κ1) is 17.1. The molecule has 0 fully saturated rings. The van der Waals surface area contributed by atoms with Gasteiger partial charge in [-0.2, -0.15) is 12.6 Å². The zero-order valence-electron chi connectivity index (χ0n) is 13.6. The van der Waals surface area contributed by atoms with Crippen LogP contribution in [0, 0.1) is 0 Å². The standard InChI is InChI=1S/C21H19NO2S/c23-20(24)21(16-25,17-10-4-1-5-11-17)22(18-12-6-2-7-13-18)19-14-8-3-9-15-19/h1-15,25H,16H2,(H,23,24)/t21-/m1/s1. The molecule has 3 aromatic carbocycles. The van der Waals surface area contributed by atoms with Crippen molar-refractivity contribution in [2.75, 3.05) is 10.7 Å². The molecule has 0 saturated carbocycles. The molecule has 0 spiro atoms. The lowest BCUT2D eigenvalue weighted by Crippen LogP contribution is -2.51. The van der Waals surface area contributed by atoms with Crippen molar-refractivity contribution in [3.8, 4) is 0 Å². The minimum absolute atomic E-state index is 0.121. The number of carbonyl (C=O) groups is 1. The number of para-hydroxylation sites is 2. The van der Waals surface area contributed by atoms with Crippen molar-refractivity contribution >= 4 is 30.0 Å². The fraction of sp³-hybridized carbons (Fsp3) is 0.0952. The molecule has 3 rings (SSSR count). The average molecular weight is 349 g/mol. The van der Waals surface area contributed by atoms with E-state index in [1.807, 2.05) is 95.9 Å². The van der Waals surface area contributed by atoms with Gasteiger partial charge in [0.25, 0.3) is 0 Å². The number of benzene rings is 3. The number of thiol groups is 1. The quantitative estimate of drug-likeness (QED) is 0.632. The molecule has 3 nitrogen and oxygen atoms in total. The van der Waals surface area contributed by atoms with Crippen molar-refractivity contribution < 1.29 is 9.90 Å². The van der Waals surface area contributed by atoms with Crippen LogP contribution in [-0.4, -0.2) is 16.8 Å². The number of hydrogen-bond acceptors (Lipinski definition) is 3. The molecule has 0 heterocycles. The summed E-state index contributed by atoms with van der Waals surface area (Å²) in [5.74, 6) is -0.822. The fourth-order valence-electron chi connectivity index (χ4n) is 3.04. The molecule has 0 aliphatic heterocycles. The number of nitrogens with zero attached hydrogens (tertiary/aromatic N) is 1. The van der Waals surface area contributed by atoms with Crippen LogP contribution in [0.5, 0.6) is 0 Å². The van der Waals surface area contributed by atoms with Gasteiger partial charge in [0.15, 0.2) is 5.54 Å². The van der Waals surface area contributed by atoms with Gasteiger partial charge >= 0.3 is 5.97 Å². The molecule has 0 aliphatic carbocycles. The van der Waals surface area contributed by atoms with E-state index in [0.29, 0.717) is 5.56 Å². The molecule has 0 aliphatic rings. The molecular formula is C21H19NO2S. The lowest BCUT2D eigenvalue weighted by Gasteiger charge is -2.42. The van der Waals surface area contributed by atoms with E-state index in [1.165, 1.54) is 0 Å². The zero-order valence-corrected chi connectivity index (χ0v) is 14.5. The maximum absolute atomic E-state index is 12.6. The van der Waals surface area contributed by atoms with Crippen molar-refractivity contribution in [2.24, 2.45) is 0 Å². The monoisotopic (exact) mass is 349 g/mol. The van der Waals surface area contributed by atoms with Crippen LogP contribution >= 0.6 is 12.6 Å². The number of rotatable bonds is 6. The van der Waals surface area contributed by atoms with Gasteiger partial charge in [-0.05, 0) is 29.8 Å². The lowest BCUT2D eigenvalue weighted by atomic mass is 9.88. The summed E-state index contributed by atoms with van der Waals surface area (Å²) in [7, 11) is 0. The topological polar surface area (TPSA) is 40.5 Å². The minimum Gasteiger partial charge on any atom is -0.479 e. The normalized spacial score (nSPS) is 13.0. The molecule has 4 heteroatoms. The van der Waals surface area contributed by atoms with Gasteiger partial charge < -0.3 is 10.0 Å². The van der Waals surface area contributed by atoms with Crippen LogP contribution in [0.15, 0.2) is 91.0 Å². The Balaban J connectivity index is 2.30. The first-order chi connectivity index (χ1) is 12.2. The second-order valence-corrected chi connectivity index (χ2v) is 6.01. The summed E-state index contributed by atoms with van der Waals surface area (Å²) < 4.78 is 0. The Kier molecular flexibility index (Phi) is 5.10. The van der Waals surface area contributed by atoms with Crippen molar-refractivity contribution in [3.05, 3.63) is 96.6 Å². The van der Waals surface area contributed by atoms with Crippen molar-refractivity contribution in [1.82, 2.24) is 0 Å². The van der Waals surface area contributed by atoms with Crippen molar-refractivity contribution in [2.45, 2.75) is 5.54 Å².